The fraction of sp³-hybridized carbons (Fsp3) is 0.889. The Morgan fingerprint density at radius 2 is 2.46 bits per heavy atom. The van der Waals surface area contributed by atoms with Gasteiger partial charge in [-0.2, -0.15) is 0 Å². The Morgan fingerprint density at radius 3 is 3.08 bits per heavy atom. The molecule has 1 aliphatic rings. The van der Waals surface area contributed by atoms with Crippen LogP contribution >= 0.6 is 0 Å². The van der Waals surface area contributed by atoms with E-state index in [2.05, 4.69) is 0 Å². The van der Waals surface area contributed by atoms with Gasteiger partial charge in [0.25, 0.3) is 0 Å². The number of carbonyl (C=O) groups is 1. The third kappa shape index (κ3) is 2.97. The number of hydrogen-bond donors (Lipinski definition) is 1. The summed E-state index contributed by atoms with van der Waals surface area (Å²) in [5, 5.41) is 8.99. The molecular formula is C9H17NO3. The van der Waals surface area contributed by atoms with Crippen molar-refractivity contribution in [3.8, 4) is 0 Å². The van der Waals surface area contributed by atoms with Gasteiger partial charge < -0.3 is 9.84 Å². The second kappa shape index (κ2) is 5.19. The molecule has 4 nitrogen and oxygen atoms in total. The number of likely N-dealkylation sites (tertiary alicyclic amines) is 1. The molecule has 0 saturated carbocycles. The topological polar surface area (TPSA) is 49.8 Å². The lowest BCUT2D eigenvalue weighted by molar-refractivity contribution is -0.144. The number of hydrogen-bond acceptors (Lipinski definition) is 4. The lowest BCUT2D eigenvalue weighted by atomic mass is 10.2. The molecule has 76 valence electrons. The van der Waals surface area contributed by atoms with Crippen LogP contribution in [0.25, 0.3) is 0 Å². The Bertz CT molecular complexity index is 172. The van der Waals surface area contributed by atoms with E-state index in [0.29, 0.717) is 13.2 Å². The molecule has 1 N–H and O–H groups in total. The van der Waals surface area contributed by atoms with Gasteiger partial charge in [0, 0.05) is 6.04 Å². The number of esters is 1. The van der Waals surface area contributed by atoms with E-state index >= 15 is 0 Å². The van der Waals surface area contributed by atoms with Gasteiger partial charge in [-0.25, -0.2) is 0 Å². The molecule has 0 radical (unpaired) electrons. The van der Waals surface area contributed by atoms with Crippen LogP contribution in [0.1, 0.15) is 19.8 Å². The fourth-order valence-electron chi connectivity index (χ4n) is 1.68. The molecule has 1 saturated heterocycles. The first-order valence-corrected chi connectivity index (χ1v) is 4.78. The molecule has 0 bridgehead atoms. The average Bonchev–Trinajstić information content (AvgIpc) is 2.52. The fourth-order valence-corrected chi connectivity index (χ4v) is 1.68. The second-order valence-corrected chi connectivity index (χ2v) is 3.25. The van der Waals surface area contributed by atoms with Crippen LogP contribution in [-0.2, 0) is 9.53 Å². The average molecular weight is 187 g/mol. The molecular weight excluding hydrogens is 170 g/mol. The highest BCUT2D eigenvalue weighted by Crippen LogP contribution is 2.15. The Morgan fingerprint density at radius 1 is 1.69 bits per heavy atom. The zero-order chi connectivity index (χ0) is 9.68. The van der Waals surface area contributed by atoms with Crippen molar-refractivity contribution in [1.82, 2.24) is 4.90 Å². The predicted octanol–water partition coefficient (Wildman–Crippen LogP) is 0.00620. The summed E-state index contributed by atoms with van der Waals surface area (Å²) in [6.07, 6.45) is 2.04. The van der Waals surface area contributed by atoms with Gasteiger partial charge in [0.05, 0.1) is 19.8 Å². The molecule has 13 heavy (non-hydrogen) atoms. The number of nitrogens with zero attached hydrogens (tertiary/aromatic N) is 1. The zero-order valence-electron chi connectivity index (χ0n) is 8.03. The Labute approximate surface area is 78.5 Å². The predicted molar refractivity (Wildman–Crippen MR) is 48.3 cm³/mol. The summed E-state index contributed by atoms with van der Waals surface area (Å²) in [4.78, 5) is 13.1. The van der Waals surface area contributed by atoms with Crippen LogP contribution in [0.2, 0.25) is 0 Å². The zero-order valence-corrected chi connectivity index (χ0v) is 8.03. The second-order valence-electron chi connectivity index (χ2n) is 3.25. The van der Waals surface area contributed by atoms with Gasteiger partial charge in [-0.15, -0.1) is 0 Å². The van der Waals surface area contributed by atoms with Gasteiger partial charge in [0.1, 0.15) is 0 Å². The van der Waals surface area contributed by atoms with Crippen LogP contribution < -0.4 is 0 Å². The first-order valence-electron chi connectivity index (χ1n) is 4.78. The van der Waals surface area contributed by atoms with Gasteiger partial charge in [-0.1, -0.05) is 0 Å². The van der Waals surface area contributed by atoms with Crippen LogP contribution in [0.5, 0.6) is 0 Å². The Hall–Kier alpha value is -0.610. The van der Waals surface area contributed by atoms with Gasteiger partial charge in [-0.05, 0) is 26.3 Å². The van der Waals surface area contributed by atoms with E-state index in [4.69, 9.17) is 9.84 Å². The van der Waals surface area contributed by atoms with Crippen molar-refractivity contribution in [2.24, 2.45) is 0 Å². The van der Waals surface area contributed by atoms with Crippen LogP contribution in [0.15, 0.2) is 0 Å². The van der Waals surface area contributed by atoms with Crippen molar-refractivity contribution >= 4 is 5.97 Å². The van der Waals surface area contributed by atoms with Crippen LogP contribution in [0, 0.1) is 0 Å². The van der Waals surface area contributed by atoms with E-state index in [9.17, 15) is 4.79 Å². The van der Waals surface area contributed by atoms with E-state index in [1.54, 1.807) is 6.92 Å². The molecule has 0 spiro atoms. The SMILES string of the molecule is CCOC(=O)CN1CCC[C@@H]1CO. The number of aliphatic hydroxyl groups excluding tert-OH is 1. The maximum atomic E-state index is 11.1. The number of ether oxygens (including phenoxy) is 1. The van der Waals surface area contributed by atoms with E-state index in [-0.39, 0.29) is 18.6 Å². The molecule has 0 amide bonds. The largest absolute Gasteiger partial charge is 0.465 e. The van der Waals surface area contributed by atoms with E-state index in [1.165, 1.54) is 0 Å². The van der Waals surface area contributed by atoms with E-state index < -0.39 is 0 Å². The molecule has 0 aromatic heterocycles. The molecule has 0 aliphatic carbocycles. The Kier molecular flexibility index (Phi) is 4.18. The van der Waals surface area contributed by atoms with Crippen LogP contribution in [-0.4, -0.2) is 48.3 Å². The van der Waals surface area contributed by atoms with Gasteiger partial charge in [-0.3, -0.25) is 9.69 Å². The number of aliphatic hydroxyl groups is 1. The quantitative estimate of drug-likeness (QED) is 0.630. The molecule has 0 unspecified atom stereocenters. The minimum atomic E-state index is -0.192. The van der Waals surface area contributed by atoms with Crippen molar-refractivity contribution in [2.75, 3.05) is 26.3 Å². The minimum Gasteiger partial charge on any atom is -0.465 e. The summed E-state index contributed by atoms with van der Waals surface area (Å²) in [6.45, 7) is 3.57. The smallest absolute Gasteiger partial charge is 0.320 e. The summed E-state index contributed by atoms with van der Waals surface area (Å²) in [5.74, 6) is -0.192. The first kappa shape index (κ1) is 10.5. The van der Waals surface area contributed by atoms with Crippen molar-refractivity contribution in [1.29, 1.82) is 0 Å². The van der Waals surface area contributed by atoms with Gasteiger partial charge in [0.2, 0.25) is 0 Å². The molecule has 1 fully saturated rings. The van der Waals surface area contributed by atoms with Crippen LogP contribution in [0.3, 0.4) is 0 Å². The minimum absolute atomic E-state index is 0.138. The summed E-state index contributed by atoms with van der Waals surface area (Å²) in [6, 6.07) is 0.157. The standard InChI is InChI=1S/C9H17NO3/c1-2-13-9(12)6-10-5-3-4-8(10)7-11/h8,11H,2-7H2,1H3/t8-/m1/s1. The first-order chi connectivity index (χ1) is 6.27. The highest BCUT2D eigenvalue weighted by atomic mass is 16.5. The third-order valence-corrected chi connectivity index (χ3v) is 2.35. The number of carbonyl (C=O) groups excluding carboxylic acids is 1. The molecule has 1 rings (SSSR count). The van der Waals surface area contributed by atoms with E-state index in [0.717, 1.165) is 19.4 Å². The maximum Gasteiger partial charge on any atom is 0.320 e. The maximum absolute atomic E-state index is 11.1. The molecule has 0 aromatic carbocycles. The van der Waals surface area contributed by atoms with Crippen molar-refractivity contribution < 1.29 is 14.6 Å². The molecule has 1 aliphatic heterocycles. The number of rotatable bonds is 4. The molecule has 1 heterocycles. The lowest BCUT2D eigenvalue weighted by Gasteiger charge is -2.20. The highest BCUT2D eigenvalue weighted by Gasteiger charge is 2.25. The lowest BCUT2D eigenvalue weighted by Crippen LogP contribution is -2.37. The molecule has 1 atom stereocenters. The summed E-state index contributed by atoms with van der Waals surface area (Å²) in [5.41, 5.74) is 0. The summed E-state index contributed by atoms with van der Waals surface area (Å²) in [7, 11) is 0. The van der Waals surface area contributed by atoms with Crippen molar-refractivity contribution in [3.63, 3.8) is 0 Å². The normalized spacial score (nSPS) is 23.4. The van der Waals surface area contributed by atoms with Crippen molar-refractivity contribution in [3.05, 3.63) is 0 Å². The van der Waals surface area contributed by atoms with Crippen molar-refractivity contribution in [2.45, 2.75) is 25.8 Å². The third-order valence-electron chi connectivity index (χ3n) is 2.35. The highest BCUT2D eigenvalue weighted by molar-refractivity contribution is 5.71. The summed E-state index contributed by atoms with van der Waals surface area (Å²) >= 11 is 0. The van der Waals surface area contributed by atoms with Crippen LogP contribution in [0.4, 0.5) is 0 Å². The molecule has 4 heteroatoms. The monoisotopic (exact) mass is 187 g/mol. The van der Waals surface area contributed by atoms with Gasteiger partial charge in [0.15, 0.2) is 0 Å². The van der Waals surface area contributed by atoms with Gasteiger partial charge >= 0.3 is 5.97 Å². The summed E-state index contributed by atoms with van der Waals surface area (Å²) < 4.78 is 4.83. The van der Waals surface area contributed by atoms with E-state index in [1.807, 2.05) is 4.90 Å². The Balaban J connectivity index is 2.30. The molecule has 0 aromatic rings.